The largest absolute Gasteiger partial charge is 0.337 e. The Morgan fingerprint density at radius 3 is 2.85 bits per heavy atom. The van der Waals surface area contributed by atoms with Crippen LogP contribution in [0.4, 0.5) is 0 Å². The summed E-state index contributed by atoms with van der Waals surface area (Å²) in [6.07, 6.45) is 7.81. The maximum atomic E-state index is 5.20. The van der Waals surface area contributed by atoms with Crippen molar-refractivity contribution in [1.29, 1.82) is 0 Å². The fourth-order valence-corrected chi connectivity index (χ4v) is 2.53. The topological polar surface area (TPSA) is 20.7 Å². The third-order valence-electron chi connectivity index (χ3n) is 3.01. The van der Waals surface area contributed by atoms with Crippen LogP contribution < -0.4 is 0 Å². The first-order valence-corrected chi connectivity index (χ1v) is 5.25. The lowest BCUT2D eigenvalue weighted by molar-refractivity contribution is 0.358. The van der Waals surface area contributed by atoms with Gasteiger partial charge < -0.3 is 9.55 Å². The molecule has 1 aromatic rings. The molecule has 1 saturated carbocycles. The van der Waals surface area contributed by atoms with Gasteiger partial charge >= 0.3 is 0 Å². The third-order valence-corrected chi connectivity index (χ3v) is 3.34. The summed E-state index contributed by atoms with van der Waals surface area (Å²) in [5, 5.41) is 0. The first-order valence-electron chi connectivity index (χ1n) is 4.84. The lowest BCUT2D eigenvalue weighted by atomic mass is 9.92. The van der Waals surface area contributed by atoms with Gasteiger partial charge in [0.05, 0.1) is 0 Å². The minimum absolute atomic E-state index is 0.497. The highest BCUT2D eigenvalue weighted by atomic mass is 32.1. The second-order valence-electron chi connectivity index (χ2n) is 4.73. The Morgan fingerprint density at radius 2 is 2.38 bits per heavy atom. The molecule has 1 N–H and O–H groups in total. The molecule has 0 radical (unpaired) electrons. The second-order valence-corrected chi connectivity index (χ2v) is 5.12. The highest BCUT2D eigenvalue weighted by Gasteiger charge is 2.31. The molecule has 0 amide bonds. The highest BCUT2D eigenvalue weighted by molar-refractivity contribution is 7.71. The lowest BCUT2D eigenvalue weighted by Gasteiger charge is -2.17. The van der Waals surface area contributed by atoms with Crippen LogP contribution in [0.3, 0.4) is 0 Å². The minimum Gasteiger partial charge on any atom is -0.337 e. The van der Waals surface area contributed by atoms with Gasteiger partial charge in [0.15, 0.2) is 4.77 Å². The van der Waals surface area contributed by atoms with Gasteiger partial charge in [0, 0.05) is 18.4 Å². The van der Waals surface area contributed by atoms with E-state index in [1.165, 1.54) is 19.3 Å². The van der Waals surface area contributed by atoms with Gasteiger partial charge in [-0.3, -0.25) is 0 Å². The average Bonchev–Trinajstić information content (AvgIpc) is 2.56. The minimum atomic E-state index is 0.497. The molecular formula is C10H16N2S. The summed E-state index contributed by atoms with van der Waals surface area (Å²) in [4.78, 5) is 3.05. The number of aromatic nitrogens is 2. The van der Waals surface area contributed by atoms with Crippen LogP contribution >= 0.6 is 12.2 Å². The molecule has 1 fully saturated rings. The molecular weight excluding hydrogens is 180 g/mol. The Bertz CT molecular complexity index is 348. The normalized spacial score (nSPS) is 26.5. The summed E-state index contributed by atoms with van der Waals surface area (Å²) in [6.45, 7) is 4.67. The molecule has 72 valence electrons. The quantitative estimate of drug-likeness (QED) is 0.683. The van der Waals surface area contributed by atoms with E-state index in [1.54, 1.807) is 0 Å². The third kappa shape index (κ3) is 1.70. The SMILES string of the molecule is CC1(C)CCC(n2cc[nH]c2=S)C1. The number of nitrogens with one attached hydrogen (secondary N) is 1. The van der Waals surface area contributed by atoms with E-state index in [4.69, 9.17) is 12.2 Å². The molecule has 0 saturated heterocycles. The first-order chi connectivity index (χ1) is 6.08. The summed E-state index contributed by atoms with van der Waals surface area (Å²) in [7, 11) is 0. The molecule has 2 rings (SSSR count). The van der Waals surface area contributed by atoms with Crippen molar-refractivity contribution >= 4 is 12.2 Å². The van der Waals surface area contributed by atoms with Crippen molar-refractivity contribution in [1.82, 2.24) is 9.55 Å². The van der Waals surface area contributed by atoms with Crippen molar-refractivity contribution in [2.45, 2.75) is 39.2 Å². The van der Waals surface area contributed by atoms with Gasteiger partial charge in [0.1, 0.15) is 0 Å². The smallest absolute Gasteiger partial charge is 0.177 e. The Balaban J connectivity index is 2.22. The van der Waals surface area contributed by atoms with Crippen molar-refractivity contribution in [3.63, 3.8) is 0 Å². The molecule has 3 heteroatoms. The van der Waals surface area contributed by atoms with Crippen molar-refractivity contribution in [3.8, 4) is 0 Å². The molecule has 1 heterocycles. The molecule has 2 nitrogen and oxygen atoms in total. The summed E-state index contributed by atoms with van der Waals surface area (Å²) < 4.78 is 3.06. The number of hydrogen-bond acceptors (Lipinski definition) is 1. The van der Waals surface area contributed by atoms with E-state index < -0.39 is 0 Å². The predicted molar refractivity (Wildman–Crippen MR) is 56.3 cm³/mol. The van der Waals surface area contributed by atoms with E-state index >= 15 is 0 Å². The Hall–Kier alpha value is -0.570. The van der Waals surface area contributed by atoms with Crippen LogP contribution in [0.2, 0.25) is 0 Å². The molecule has 1 aliphatic carbocycles. The number of H-pyrrole nitrogens is 1. The number of nitrogens with zero attached hydrogens (tertiary/aromatic N) is 1. The highest BCUT2D eigenvalue weighted by Crippen LogP contribution is 2.43. The van der Waals surface area contributed by atoms with Gasteiger partial charge in [-0.2, -0.15) is 0 Å². The fourth-order valence-electron chi connectivity index (χ4n) is 2.26. The fraction of sp³-hybridized carbons (Fsp3) is 0.700. The van der Waals surface area contributed by atoms with E-state index in [1.807, 2.05) is 6.20 Å². The molecule has 0 aromatic carbocycles. The van der Waals surface area contributed by atoms with Crippen molar-refractivity contribution in [2.75, 3.05) is 0 Å². The van der Waals surface area contributed by atoms with E-state index in [-0.39, 0.29) is 0 Å². The van der Waals surface area contributed by atoms with Gasteiger partial charge in [-0.1, -0.05) is 13.8 Å². The zero-order valence-corrected chi connectivity index (χ0v) is 9.03. The van der Waals surface area contributed by atoms with E-state index in [0.29, 0.717) is 11.5 Å². The van der Waals surface area contributed by atoms with E-state index in [2.05, 4.69) is 29.6 Å². The van der Waals surface area contributed by atoms with Gasteiger partial charge in [-0.25, -0.2) is 0 Å². The van der Waals surface area contributed by atoms with Crippen LogP contribution in [-0.2, 0) is 0 Å². The van der Waals surface area contributed by atoms with Crippen LogP contribution in [0.25, 0.3) is 0 Å². The summed E-state index contributed by atoms with van der Waals surface area (Å²) in [6, 6.07) is 0.619. The molecule has 13 heavy (non-hydrogen) atoms. The molecule has 0 bridgehead atoms. The number of aromatic amines is 1. The van der Waals surface area contributed by atoms with Gasteiger partial charge in [-0.15, -0.1) is 0 Å². The van der Waals surface area contributed by atoms with Crippen LogP contribution in [0, 0.1) is 10.2 Å². The molecule has 1 aromatic heterocycles. The van der Waals surface area contributed by atoms with E-state index in [9.17, 15) is 0 Å². The Labute approximate surface area is 84.0 Å². The Morgan fingerprint density at radius 1 is 1.62 bits per heavy atom. The standard InChI is InChI=1S/C10H16N2S/c1-10(2)4-3-8(7-10)12-6-5-11-9(12)13/h5-6,8H,3-4,7H2,1-2H3,(H,11,13). The van der Waals surface area contributed by atoms with Gasteiger partial charge in [-0.05, 0) is 36.9 Å². The number of rotatable bonds is 1. The first kappa shape index (κ1) is 9.00. The van der Waals surface area contributed by atoms with Gasteiger partial charge in [0.2, 0.25) is 0 Å². The monoisotopic (exact) mass is 196 g/mol. The molecule has 1 unspecified atom stereocenters. The van der Waals surface area contributed by atoms with Crippen LogP contribution in [-0.4, -0.2) is 9.55 Å². The molecule has 0 spiro atoms. The summed E-state index contributed by atoms with van der Waals surface area (Å²) in [5.41, 5.74) is 0.497. The van der Waals surface area contributed by atoms with Crippen LogP contribution in [0.15, 0.2) is 12.4 Å². The van der Waals surface area contributed by atoms with Gasteiger partial charge in [0.25, 0.3) is 0 Å². The van der Waals surface area contributed by atoms with Crippen molar-refractivity contribution in [3.05, 3.63) is 17.2 Å². The maximum Gasteiger partial charge on any atom is 0.177 e. The summed E-state index contributed by atoms with van der Waals surface area (Å²) in [5.74, 6) is 0. The number of imidazole rings is 1. The van der Waals surface area contributed by atoms with Crippen molar-refractivity contribution < 1.29 is 0 Å². The molecule has 0 aliphatic heterocycles. The average molecular weight is 196 g/mol. The zero-order chi connectivity index (χ0) is 9.47. The van der Waals surface area contributed by atoms with Crippen LogP contribution in [0.5, 0.6) is 0 Å². The van der Waals surface area contributed by atoms with E-state index in [0.717, 1.165) is 4.77 Å². The lowest BCUT2D eigenvalue weighted by Crippen LogP contribution is -2.08. The molecule has 1 atom stereocenters. The predicted octanol–water partition coefficient (Wildman–Crippen LogP) is 3.30. The number of hydrogen-bond donors (Lipinski definition) is 1. The Kier molecular flexibility index (Phi) is 2.06. The zero-order valence-electron chi connectivity index (χ0n) is 8.21. The van der Waals surface area contributed by atoms with Crippen LogP contribution in [0.1, 0.15) is 39.2 Å². The maximum absolute atomic E-state index is 5.20. The summed E-state index contributed by atoms with van der Waals surface area (Å²) >= 11 is 5.20. The molecule has 1 aliphatic rings. The second kappa shape index (κ2) is 2.98. The van der Waals surface area contributed by atoms with Crippen molar-refractivity contribution in [2.24, 2.45) is 5.41 Å².